The van der Waals surface area contributed by atoms with Gasteiger partial charge in [-0.15, -0.1) is 0 Å². The first kappa shape index (κ1) is 11.5. The molecule has 0 unspecified atom stereocenters. The van der Waals surface area contributed by atoms with Crippen LogP contribution in [0, 0.1) is 0 Å². The average Bonchev–Trinajstić information content (AvgIpc) is 2.29. The summed E-state index contributed by atoms with van der Waals surface area (Å²) in [5.41, 5.74) is 6.68. The minimum absolute atomic E-state index is 0.523. The third kappa shape index (κ3) is 3.59. The van der Waals surface area contributed by atoms with Crippen molar-refractivity contribution in [1.82, 2.24) is 0 Å². The van der Waals surface area contributed by atoms with Gasteiger partial charge in [0.15, 0.2) is 0 Å². The van der Waals surface area contributed by atoms with E-state index in [4.69, 9.17) is 15.2 Å². The molecule has 4 nitrogen and oxygen atoms in total. The molecule has 0 heterocycles. The van der Waals surface area contributed by atoms with Crippen LogP contribution in [0.25, 0.3) is 0 Å². The van der Waals surface area contributed by atoms with Crippen LogP contribution in [-0.2, 0) is 4.74 Å². The van der Waals surface area contributed by atoms with Crippen molar-refractivity contribution < 1.29 is 9.47 Å². The minimum atomic E-state index is 0.523. The summed E-state index contributed by atoms with van der Waals surface area (Å²) < 4.78 is 9.93. The lowest BCUT2D eigenvalue weighted by molar-refractivity contribution is 0.208. The van der Waals surface area contributed by atoms with Crippen molar-refractivity contribution in [2.75, 3.05) is 27.4 Å². The van der Waals surface area contributed by atoms with Crippen molar-refractivity contribution in [2.45, 2.75) is 0 Å². The van der Waals surface area contributed by atoms with Crippen LogP contribution in [0.15, 0.2) is 29.3 Å². The number of aliphatic imine (C=N–C) groups is 1. The van der Waals surface area contributed by atoms with Gasteiger partial charge in [0.2, 0.25) is 0 Å². The molecule has 1 rings (SSSR count). The molecule has 0 fully saturated rings. The summed E-state index contributed by atoms with van der Waals surface area (Å²) in [4.78, 5) is 4.17. The average molecular weight is 208 g/mol. The van der Waals surface area contributed by atoms with Crippen molar-refractivity contribution in [1.29, 1.82) is 0 Å². The molecule has 0 spiro atoms. The fourth-order valence-corrected chi connectivity index (χ4v) is 1.11. The molecule has 0 aliphatic rings. The van der Waals surface area contributed by atoms with E-state index in [1.165, 1.54) is 0 Å². The molecule has 1 aromatic rings. The van der Waals surface area contributed by atoms with Crippen LogP contribution < -0.4 is 10.5 Å². The Balaban J connectivity index is 2.65. The lowest BCUT2D eigenvalue weighted by Gasteiger charge is -2.03. The second-order valence-electron chi connectivity index (χ2n) is 2.99. The van der Waals surface area contributed by atoms with Crippen LogP contribution in [0.5, 0.6) is 5.75 Å². The highest BCUT2D eigenvalue weighted by Crippen LogP contribution is 2.10. The Morgan fingerprint density at radius 2 is 1.93 bits per heavy atom. The van der Waals surface area contributed by atoms with Gasteiger partial charge in [-0.3, -0.25) is 4.99 Å². The molecule has 1 aromatic carbocycles. The maximum atomic E-state index is 5.78. The maximum Gasteiger partial charge on any atom is 0.125 e. The van der Waals surface area contributed by atoms with E-state index >= 15 is 0 Å². The standard InChI is InChI=1S/C11H16N2O2/c1-14-8-7-13-11(12)9-3-5-10(15-2)6-4-9/h3-6H,7-8H2,1-2H3,(H2,12,13). The summed E-state index contributed by atoms with van der Waals surface area (Å²) >= 11 is 0. The Morgan fingerprint density at radius 3 is 2.47 bits per heavy atom. The highest BCUT2D eigenvalue weighted by molar-refractivity contribution is 5.97. The first-order valence-electron chi connectivity index (χ1n) is 4.71. The number of hydrogen-bond donors (Lipinski definition) is 1. The summed E-state index contributed by atoms with van der Waals surface area (Å²) in [7, 11) is 3.27. The van der Waals surface area contributed by atoms with Gasteiger partial charge in [-0.25, -0.2) is 0 Å². The predicted octanol–water partition coefficient (Wildman–Crippen LogP) is 1.05. The predicted molar refractivity (Wildman–Crippen MR) is 60.5 cm³/mol. The molecule has 0 saturated carbocycles. The number of benzene rings is 1. The van der Waals surface area contributed by atoms with E-state index < -0.39 is 0 Å². The van der Waals surface area contributed by atoms with E-state index in [-0.39, 0.29) is 0 Å². The first-order chi connectivity index (χ1) is 7.27. The second-order valence-corrected chi connectivity index (χ2v) is 2.99. The zero-order valence-electron chi connectivity index (χ0n) is 9.06. The summed E-state index contributed by atoms with van der Waals surface area (Å²) in [5.74, 6) is 1.33. The van der Waals surface area contributed by atoms with Crippen molar-refractivity contribution in [3.8, 4) is 5.75 Å². The van der Waals surface area contributed by atoms with Gasteiger partial charge in [0, 0.05) is 12.7 Å². The summed E-state index contributed by atoms with van der Waals surface area (Å²) in [6.07, 6.45) is 0. The third-order valence-electron chi connectivity index (χ3n) is 1.96. The van der Waals surface area contributed by atoms with Crippen LogP contribution in [0.3, 0.4) is 0 Å². The van der Waals surface area contributed by atoms with Gasteiger partial charge >= 0.3 is 0 Å². The first-order valence-corrected chi connectivity index (χ1v) is 4.71. The van der Waals surface area contributed by atoms with Crippen LogP contribution in [0.4, 0.5) is 0 Å². The molecule has 15 heavy (non-hydrogen) atoms. The fourth-order valence-electron chi connectivity index (χ4n) is 1.11. The summed E-state index contributed by atoms with van der Waals surface area (Å²) in [6, 6.07) is 7.47. The van der Waals surface area contributed by atoms with Crippen LogP contribution in [-0.4, -0.2) is 33.2 Å². The van der Waals surface area contributed by atoms with Crippen LogP contribution in [0.1, 0.15) is 5.56 Å². The molecular formula is C11H16N2O2. The molecule has 4 heteroatoms. The number of rotatable bonds is 5. The Labute approximate surface area is 89.7 Å². The van der Waals surface area contributed by atoms with Gasteiger partial charge in [-0.2, -0.15) is 0 Å². The second kappa shape index (κ2) is 6.03. The molecule has 0 atom stereocenters. The Hall–Kier alpha value is -1.55. The quantitative estimate of drug-likeness (QED) is 0.447. The van der Waals surface area contributed by atoms with Crippen molar-refractivity contribution >= 4 is 5.84 Å². The van der Waals surface area contributed by atoms with Crippen LogP contribution in [0.2, 0.25) is 0 Å². The van der Waals surface area contributed by atoms with Gasteiger partial charge in [0.05, 0.1) is 20.3 Å². The fraction of sp³-hybridized carbons (Fsp3) is 0.364. The molecule has 0 aliphatic heterocycles. The van der Waals surface area contributed by atoms with E-state index in [9.17, 15) is 0 Å². The highest BCUT2D eigenvalue weighted by Gasteiger charge is 1.97. The third-order valence-corrected chi connectivity index (χ3v) is 1.96. The molecule has 82 valence electrons. The number of amidine groups is 1. The molecule has 0 aliphatic carbocycles. The Morgan fingerprint density at radius 1 is 1.27 bits per heavy atom. The van der Waals surface area contributed by atoms with Gasteiger partial charge in [0.25, 0.3) is 0 Å². The molecule has 0 saturated heterocycles. The van der Waals surface area contributed by atoms with Crippen molar-refractivity contribution in [3.05, 3.63) is 29.8 Å². The van der Waals surface area contributed by atoms with Gasteiger partial charge < -0.3 is 15.2 Å². The normalized spacial score (nSPS) is 11.5. The highest BCUT2D eigenvalue weighted by atomic mass is 16.5. The minimum Gasteiger partial charge on any atom is -0.497 e. The lowest BCUT2D eigenvalue weighted by Crippen LogP contribution is -2.14. The Bertz CT molecular complexity index is 320. The number of ether oxygens (including phenoxy) is 2. The number of nitrogens with zero attached hydrogens (tertiary/aromatic N) is 1. The van der Waals surface area contributed by atoms with E-state index in [1.54, 1.807) is 14.2 Å². The maximum absolute atomic E-state index is 5.78. The SMILES string of the molecule is COCCN=C(N)c1ccc(OC)cc1. The zero-order chi connectivity index (χ0) is 11.1. The molecule has 0 bridgehead atoms. The molecule has 0 aromatic heterocycles. The Kier molecular flexibility index (Phi) is 4.63. The molecule has 0 radical (unpaired) electrons. The monoisotopic (exact) mass is 208 g/mol. The van der Waals surface area contributed by atoms with Gasteiger partial charge in [-0.1, -0.05) is 0 Å². The largest absolute Gasteiger partial charge is 0.497 e. The van der Waals surface area contributed by atoms with Crippen molar-refractivity contribution in [2.24, 2.45) is 10.7 Å². The summed E-state index contributed by atoms with van der Waals surface area (Å²) in [6.45, 7) is 1.16. The van der Waals surface area contributed by atoms with Gasteiger partial charge in [-0.05, 0) is 24.3 Å². The van der Waals surface area contributed by atoms with Crippen molar-refractivity contribution in [3.63, 3.8) is 0 Å². The number of nitrogens with two attached hydrogens (primary N) is 1. The van der Waals surface area contributed by atoms with E-state index in [0.29, 0.717) is 19.0 Å². The molecular weight excluding hydrogens is 192 g/mol. The summed E-state index contributed by atoms with van der Waals surface area (Å²) in [5, 5.41) is 0. The number of hydrogen-bond acceptors (Lipinski definition) is 3. The smallest absolute Gasteiger partial charge is 0.125 e. The van der Waals surface area contributed by atoms with Gasteiger partial charge in [0.1, 0.15) is 11.6 Å². The zero-order valence-corrected chi connectivity index (χ0v) is 9.06. The van der Waals surface area contributed by atoms with E-state index in [1.807, 2.05) is 24.3 Å². The van der Waals surface area contributed by atoms with E-state index in [0.717, 1.165) is 11.3 Å². The lowest BCUT2D eigenvalue weighted by atomic mass is 10.2. The topological polar surface area (TPSA) is 56.8 Å². The molecule has 2 N–H and O–H groups in total. The van der Waals surface area contributed by atoms with E-state index in [2.05, 4.69) is 4.99 Å². The molecule has 0 amide bonds. The van der Waals surface area contributed by atoms with Crippen LogP contribution >= 0.6 is 0 Å². The number of methoxy groups -OCH3 is 2.